The van der Waals surface area contributed by atoms with Crippen LogP contribution in [0, 0.1) is 5.41 Å². The van der Waals surface area contributed by atoms with E-state index >= 15 is 0 Å². The quantitative estimate of drug-likeness (QED) is 0.837. The van der Waals surface area contributed by atoms with Crippen LogP contribution >= 0.6 is 0 Å². The molecule has 3 aliphatic heterocycles. The highest BCUT2D eigenvalue weighted by molar-refractivity contribution is 4.95. The van der Waals surface area contributed by atoms with Crippen molar-refractivity contribution < 1.29 is 0 Å². The Kier molecular flexibility index (Phi) is 4.40. The molecule has 0 aromatic heterocycles. The molecular weight excluding hydrogens is 246 g/mol. The normalized spacial score (nSPS) is 39.5. The maximum Gasteiger partial charge on any atom is 0.0246 e. The highest BCUT2D eigenvalue weighted by atomic mass is 15.3. The molecular formula is C17H33N3. The van der Waals surface area contributed by atoms with Gasteiger partial charge in [-0.15, -0.1) is 0 Å². The molecule has 0 radical (unpaired) electrons. The molecule has 1 N–H and O–H groups in total. The third-order valence-electron chi connectivity index (χ3n) is 6.07. The second kappa shape index (κ2) is 5.94. The van der Waals surface area contributed by atoms with E-state index in [-0.39, 0.29) is 0 Å². The van der Waals surface area contributed by atoms with Crippen LogP contribution in [0.1, 0.15) is 52.9 Å². The number of fused-ring (bicyclic) bond motifs is 1. The van der Waals surface area contributed by atoms with Gasteiger partial charge in [-0.05, 0) is 51.1 Å². The molecule has 3 saturated heterocycles. The van der Waals surface area contributed by atoms with Crippen molar-refractivity contribution in [3.8, 4) is 0 Å². The predicted octanol–water partition coefficient (Wildman–Crippen LogP) is 2.32. The largest absolute Gasteiger partial charge is 0.312 e. The molecule has 20 heavy (non-hydrogen) atoms. The molecule has 0 saturated carbocycles. The summed E-state index contributed by atoms with van der Waals surface area (Å²) in [5, 5.41) is 3.79. The van der Waals surface area contributed by atoms with Crippen molar-refractivity contribution >= 4 is 0 Å². The highest BCUT2D eigenvalue weighted by Gasteiger charge is 2.38. The molecule has 3 aliphatic rings. The maximum absolute atomic E-state index is 3.79. The molecule has 0 bridgehead atoms. The van der Waals surface area contributed by atoms with Crippen LogP contribution in [0.5, 0.6) is 0 Å². The van der Waals surface area contributed by atoms with Gasteiger partial charge in [0.25, 0.3) is 0 Å². The Morgan fingerprint density at radius 2 is 2.00 bits per heavy atom. The second-order valence-corrected chi connectivity index (χ2v) is 8.05. The number of hydrogen-bond donors (Lipinski definition) is 1. The number of rotatable bonds is 2. The zero-order valence-electron chi connectivity index (χ0n) is 13.7. The first-order valence-electron chi connectivity index (χ1n) is 8.78. The fourth-order valence-corrected chi connectivity index (χ4v) is 4.48. The van der Waals surface area contributed by atoms with E-state index in [0.717, 1.165) is 12.1 Å². The van der Waals surface area contributed by atoms with Crippen LogP contribution in [0.4, 0.5) is 0 Å². The SMILES string of the molecule is CC1CN2CCCCC2CN1CC1NCCCC1(C)C. The van der Waals surface area contributed by atoms with E-state index in [1.807, 2.05) is 0 Å². The van der Waals surface area contributed by atoms with Gasteiger partial charge in [-0.2, -0.15) is 0 Å². The average molecular weight is 279 g/mol. The minimum absolute atomic E-state index is 0.460. The molecule has 0 aliphatic carbocycles. The summed E-state index contributed by atoms with van der Waals surface area (Å²) in [6.45, 7) is 13.7. The lowest BCUT2D eigenvalue weighted by Crippen LogP contribution is -2.62. The first-order chi connectivity index (χ1) is 9.56. The van der Waals surface area contributed by atoms with Crippen molar-refractivity contribution in [1.82, 2.24) is 15.1 Å². The van der Waals surface area contributed by atoms with Crippen molar-refractivity contribution in [2.75, 3.05) is 32.7 Å². The van der Waals surface area contributed by atoms with Crippen LogP contribution < -0.4 is 5.32 Å². The Hall–Kier alpha value is -0.120. The highest BCUT2D eigenvalue weighted by Crippen LogP contribution is 2.32. The fraction of sp³-hybridized carbons (Fsp3) is 1.00. The van der Waals surface area contributed by atoms with Crippen LogP contribution in [-0.4, -0.2) is 60.6 Å². The van der Waals surface area contributed by atoms with Crippen LogP contribution in [0.25, 0.3) is 0 Å². The molecule has 0 aromatic rings. The summed E-state index contributed by atoms with van der Waals surface area (Å²) in [6, 6.07) is 2.24. The summed E-state index contributed by atoms with van der Waals surface area (Å²) in [7, 11) is 0. The summed E-state index contributed by atoms with van der Waals surface area (Å²) in [5.41, 5.74) is 0.460. The number of piperidine rings is 2. The Balaban J connectivity index is 1.61. The van der Waals surface area contributed by atoms with Gasteiger partial charge in [0, 0.05) is 37.8 Å². The summed E-state index contributed by atoms with van der Waals surface area (Å²) in [4.78, 5) is 5.53. The molecule has 3 nitrogen and oxygen atoms in total. The molecule has 3 heteroatoms. The van der Waals surface area contributed by atoms with Gasteiger partial charge in [0.15, 0.2) is 0 Å². The monoisotopic (exact) mass is 279 g/mol. The lowest BCUT2D eigenvalue weighted by atomic mass is 9.77. The van der Waals surface area contributed by atoms with Gasteiger partial charge in [0.1, 0.15) is 0 Å². The van der Waals surface area contributed by atoms with E-state index < -0.39 is 0 Å². The Bertz CT molecular complexity index is 328. The lowest BCUT2D eigenvalue weighted by molar-refractivity contribution is -0.00108. The molecule has 3 fully saturated rings. The van der Waals surface area contributed by atoms with Crippen molar-refractivity contribution in [3.63, 3.8) is 0 Å². The minimum atomic E-state index is 0.460. The predicted molar refractivity (Wildman–Crippen MR) is 85.1 cm³/mol. The van der Waals surface area contributed by atoms with E-state index in [0.29, 0.717) is 11.5 Å². The zero-order chi connectivity index (χ0) is 14.2. The number of nitrogens with one attached hydrogen (secondary N) is 1. The van der Waals surface area contributed by atoms with Gasteiger partial charge in [0.05, 0.1) is 0 Å². The van der Waals surface area contributed by atoms with E-state index in [2.05, 4.69) is 35.9 Å². The van der Waals surface area contributed by atoms with E-state index in [4.69, 9.17) is 0 Å². The van der Waals surface area contributed by atoms with E-state index in [1.165, 1.54) is 64.8 Å². The first-order valence-corrected chi connectivity index (χ1v) is 8.78. The Morgan fingerprint density at radius 3 is 2.80 bits per heavy atom. The van der Waals surface area contributed by atoms with Crippen LogP contribution in [0.15, 0.2) is 0 Å². The first kappa shape index (κ1) is 14.8. The molecule has 0 spiro atoms. The molecule has 3 atom stereocenters. The summed E-state index contributed by atoms with van der Waals surface area (Å²) in [5.74, 6) is 0. The second-order valence-electron chi connectivity index (χ2n) is 8.05. The summed E-state index contributed by atoms with van der Waals surface area (Å²) < 4.78 is 0. The molecule has 3 rings (SSSR count). The third kappa shape index (κ3) is 3.05. The van der Waals surface area contributed by atoms with Gasteiger partial charge >= 0.3 is 0 Å². The number of piperazine rings is 1. The van der Waals surface area contributed by atoms with Gasteiger partial charge in [0.2, 0.25) is 0 Å². The maximum atomic E-state index is 3.79. The van der Waals surface area contributed by atoms with Crippen molar-refractivity contribution in [2.45, 2.75) is 71.0 Å². The van der Waals surface area contributed by atoms with E-state index in [9.17, 15) is 0 Å². The van der Waals surface area contributed by atoms with Gasteiger partial charge in [-0.1, -0.05) is 20.3 Å². The van der Waals surface area contributed by atoms with Gasteiger partial charge in [-0.3, -0.25) is 9.80 Å². The molecule has 0 amide bonds. The zero-order valence-corrected chi connectivity index (χ0v) is 13.7. The van der Waals surface area contributed by atoms with Crippen LogP contribution in [0.3, 0.4) is 0 Å². The third-order valence-corrected chi connectivity index (χ3v) is 6.07. The Morgan fingerprint density at radius 1 is 1.15 bits per heavy atom. The molecule has 3 unspecified atom stereocenters. The Labute approximate surface area is 125 Å². The standard InChI is InChI=1S/C17H33N3/c1-14-11-19-10-5-4-7-15(19)12-20(14)13-16-17(2,3)8-6-9-18-16/h14-16,18H,4-13H2,1-3H3. The molecule has 3 heterocycles. The molecule has 116 valence electrons. The van der Waals surface area contributed by atoms with Crippen molar-refractivity contribution in [3.05, 3.63) is 0 Å². The van der Waals surface area contributed by atoms with Gasteiger partial charge in [-0.25, -0.2) is 0 Å². The molecule has 0 aromatic carbocycles. The number of nitrogens with zero attached hydrogens (tertiary/aromatic N) is 2. The van der Waals surface area contributed by atoms with Gasteiger partial charge < -0.3 is 5.32 Å². The fourth-order valence-electron chi connectivity index (χ4n) is 4.48. The topological polar surface area (TPSA) is 18.5 Å². The summed E-state index contributed by atoms with van der Waals surface area (Å²) >= 11 is 0. The minimum Gasteiger partial charge on any atom is -0.312 e. The average Bonchev–Trinajstić information content (AvgIpc) is 2.41. The lowest BCUT2D eigenvalue weighted by Gasteiger charge is -2.50. The van der Waals surface area contributed by atoms with Crippen LogP contribution in [-0.2, 0) is 0 Å². The smallest absolute Gasteiger partial charge is 0.0246 e. The van der Waals surface area contributed by atoms with Crippen molar-refractivity contribution in [2.24, 2.45) is 5.41 Å². The van der Waals surface area contributed by atoms with Crippen molar-refractivity contribution in [1.29, 1.82) is 0 Å². The van der Waals surface area contributed by atoms with E-state index in [1.54, 1.807) is 0 Å². The van der Waals surface area contributed by atoms with Crippen LogP contribution in [0.2, 0.25) is 0 Å². The summed E-state index contributed by atoms with van der Waals surface area (Å²) in [6.07, 6.45) is 7.00. The number of hydrogen-bond acceptors (Lipinski definition) is 3.